The Morgan fingerprint density at radius 2 is 2.17 bits per heavy atom. The van der Waals surface area contributed by atoms with Gasteiger partial charge in [0.25, 0.3) is 0 Å². The van der Waals surface area contributed by atoms with Crippen molar-refractivity contribution in [1.29, 1.82) is 0 Å². The predicted octanol–water partition coefficient (Wildman–Crippen LogP) is 1.89. The van der Waals surface area contributed by atoms with Crippen molar-refractivity contribution >= 4 is 5.82 Å². The summed E-state index contributed by atoms with van der Waals surface area (Å²) >= 11 is 0. The lowest BCUT2D eigenvalue weighted by Gasteiger charge is -2.11. The molecule has 0 saturated heterocycles. The molecule has 0 atom stereocenters. The maximum absolute atomic E-state index is 5.62. The van der Waals surface area contributed by atoms with Gasteiger partial charge >= 0.3 is 0 Å². The van der Waals surface area contributed by atoms with Gasteiger partial charge in [0.1, 0.15) is 11.6 Å². The standard InChI is InChI=1S/C9H15N3/c1-7-11-9(10)6-12(7)8-4-2-3-5-8/h6,8H,2-5,10H2,1H3. The molecule has 1 aromatic rings. The minimum absolute atomic E-state index is 0.652. The van der Waals surface area contributed by atoms with Crippen molar-refractivity contribution in [3.8, 4) is 0 Å². The lowest BCUT2D eigenvalue weighted by Crippen LogP contribution is -2.04. The minimum Gasteiger partial charge on any atom is -0.382 e. The maximum Gasteiger partial charge on any atom is 0.141 e. The van der Waals surface area contributed by atoms with Crippen LogP contribution in [0, 0.1) is 6.92 Å². The number of nitrogens with zero attached hydrogens (tertiary/aromatic N) is 2. The van der Waals surface area contributed by atoms with E-state index in [-0.39, 0.29) is 0 Å². The van der Waals surface area contributed by atoms with E-state index in [9.17, 15) is 0 Å². The Bertz CT molecular complexity index is 271. The highest BCUT2D eigenvalue weighted by molar-refractivity contribution is 5.26. The summed E-state index contributed by atoms with van der Waals surface area (Å²) in [4.78, 5) is 4.20. The van der Waals surface area contributed by atoms with E-state index in [0.717, 1.165) is 5.82 Å². The molecule has 0 radical (unpaired) electrons. The van der Waals surface area contributed by atoms with Crippen molar-refractivity contribution < 1.29 is 0 Å². The van der Waals surface area contributed by atoms with Crippen LogP contribution in [0.15, 0.2) is 6.20 Å². The van der Waals surface area contributed by atoms with Crippen LogP contribution in [-0.4, -0.2) is 9.55 Å². The third kappa shape index (κ3) is 1.19. The molecular formula is C9H15N3. The van der Waals surface area contributed by atoms with Gasteiger partial charge in [0.05, 0.1) is 0 Å². The molecule has 1 aliphatic rings. The van der Waals surface area contributed by atoms with Crippen molar-refractivity contribution in [3.05, 3.63) is 12.0 Å². The van der Waals surface area contributed by atoms with Crippen LogP contribution in [0.1, 0.15) is 37.5 Å². The van der Waals surface area contributed by atoms with Gasteiger partial charge < -0.3 is 10.3 Å². The van der Waals surface area contributed by atoms with Crippen molar-refractivity contribution in [3.63, 3.8) is 0 Å². The largest absolute Gasteiger partial charge is 0.382 e. The molecule has 2 N–H and O–H groups in total. The van der Waals surface area contributed by atoms with Crippen LogP contribution < -0.4 is 5.73 Å². The second kappa shape index (κ2) is 2.81. The van der Waals surface area contributed by atoms with E-state index in [1.54, 1.807) is 0 Å². The Morgan fingerprint density at radius 1 is 1.50 bits per heavy atom. The first kappa shape index (κ1) is 7.65. The first-order valence-corrected chi connectivity index (χ1v) is 4.58. The van der Waals surface area contributed by atoms with Gasteiger partial charge in [-0.25, -0.2) is 4.98 Å². The van der Waals surface area contributed by atoms with Crippen LogP contribution in [0.2, 0.25) is 0 Å². The fraction of sp³-hybridized carbons (Fsp3) is 0.667. The van der Waals surface area contributed by atoms with E-state index < -0.39 is 0 Å². The second-order valence-electron chi connectivity index (χ2n) is 3.56. The molecule has 0 spiro atoms. The van der Waals surface area contributed by atoms with Crippen molar-refractivity contribution in [1.82, 2.24) is 9.55 Å². The lowest BCUT2D eigenvalue weighted by atomic mass is 10.2. The molecule has 0 aliphatic heterocycles. The number of aryl methyl sites for hydroxylation is 1. The van der Waals surface area contributed by atoms with Crippen LogP contribution in [0.25, 0.3) is 0 Å². The third-order valence-electron chi connectivity index (χ3n) is 2.65. The van der Waals surface area contributed by atoms with Crippen LogP contribution in [0.4, 0.5) is 5.82 Å². The molecule has 1 aliphatic carbocycles. The Morgan fingerprint density at radius 3 is 2.67 bits per heavy atom. The molecule has 3 nitrogen and oxygen atoms in total. The van der Waals surface area contributed by atoms with Crippen molar-refractivity contribution in [2.75, 3.05) is 5.73 Å². The minimum atomic E-state index is 0.652. The van der Waals surface area contributed by atoms with Crippen molar-refractivity contribution in [2.45, 2.75) is 38.6 Å². The molecule has 2 rings (SSSR count). The lowest BCUT2D eigenvalue weighted by molar-refractivity contribution is 0.506. The molecular weight excluding hydrogens is 150 g/mol. The summed E-state index contributed by atoms with van der Waals surface area (Å²) in [6, 6.07) is 0.662. The van der Waals surface area contributed by atoms with Gasteiger partial charge in [-0.2, -0.15) is 0 Å². The van der Waals surface area contributed by atoms with Crippen LogP contribution >= 0.6 is 0 Å². The zero-order valence-electron chi connectivity index (χ0n) is 7.45. The molecule has 1 heterocycles. The fourth-order valence-electron chi connectivity index (χ4n) is 2.06. The average molecular weight is 165 g/mol. The zero-order valence-corrected chi connectivity index (χ0v) is 7.45. The highest BCUT2D eigenvalue weighted by Gasteiger charge is 2.18. The molecule has 0 aromatic carbocycles. The molecule has 66 valence electrons. The van der Waals surface area contributed by atoms with Crippen LogP contribution in [0.5, 0.6) is 0 Å². The normalized spacial score (nSPS) is 18.8. The van der Waals surface area contributed by atoms with Gasteiger partial charge in [-0.3, -0.25) is 0 Å². The van der Waals surface area contributed by atoms with Gasteiger partial charge in [0.2, 0.25) is 0 Å². The fourth-order valence-corrected chi connectivity index (χ4v) is 2.06. The van der Waals surface area contributed by atoms with E-state index in [0.29, 0.717) is 11.9 Å². The Balaban J connectivity index is 2.25. The SMILES string of the molecule is Cc1nc(N)cn1C1CCCC1. The molecule has 0 bridgehead atoms. The average Bonchev–Trinajstić information content (AvgIpc) is 2.58. The Hall–Kier alpha value is -0.990. The molecule has 0 unspecified atom stereocenters. The summed E-state index contributed by atoms with van der Waals surface area (Å²) in [6.45, 7) is 2.02. The highest BCUT2D eigenvalue weighted by atomic mass is 15.1. The molecule has 12 heavy (non-hydrogen) atoms. The monoisotopic (exact) mass is 165 g/mol. The summed E-state index contributed by atoms with van der Waals surface area (Å²) in [7, 11) is 0. The number of rotatable bonds is 1. The highest BCUT2D eigenvalue weighted by Crippen LogP contribution is 2.30. The number of hydrogen-bond acceptors (Lipinski definition) is 2. The van der Waals surface area contributed by atoms with Gasteiger partial charge in [-0.15, -0.1) is 0 Å². The van der Waals surface area contributed by atoms with Gasteiger partial charge in [0, 0.05) is 12.2 Å². The van der Waals surface area contributed by atoms with E-state index in [1.807, 2.05) is 13.1 Å². The van der Waals surface area contributed by atoms with Gasteiger partial charge in [-0.1, -0.05) is 12.8 Å². The quantitative estimate of drug-likeness (QED) is 0.690. The van der Waals surface area contributed by atoms with E-state index in [4.69, 9.17) is 5.73 Å². The van der Waals surface area contributed by atoms with E-state index in [2.05, 4.69) is 9.55 Å². The molecule has 1 saturated carbocycles. The summed E-state index contributed by atoms with van der Waals surface area (Å²) in [5.41, 5.74) is 5.62. The smallest absolute Gasteiger partial charge is 0.141 e. The zero-order chi connectivity index (χ0) is 8.55. The van der Waals surface area contributed by atoms with Gasteiger partial charge in [0.15, 0.2) is 0 Å². The Kier molecular flexibility index (Phi) is 1.79. The predicted molar refractivity (Wildman–Crippen MR) is 48.9 cm³/mol. The molecule has 0 amide bonds. The summed E-state index contributed by atoms with van der Waals surface area (Å²) in [6.07, 6.45) is 7.24. The molecule has 1 fully saturated rings. The second-order valence-corrected chi connectivity index (χ2v) is 3.56. The van der Waals surface area contributed by atoms with Crippen LogP contribution in [0.3, 0.4) is 0 Å². The number of imidazole rings is 1. The number of nitrogen functional groups attached to an aromatic ring is 1. The Labute approximate surface area is 72.6 Å². The summed E-state index contributed by atoms with van der Waals surface area (Å²) in [5.74, 6) is 1.71. The van der Waals surface area contributed by atoms with Crippen molar-refractivity contribution in [2.24, 2.45) is 0 Å². The van der Waals surface area contributed by atoms with Crippen LogP contribution in [-0.2, 0) is 0 Å². The summed E-state index contributed by atoms with van der Waals surface area (Å²) in [5, 5.41) is 0. The molecule has 1 aromatic heterocycles. The van der Waals surface area contributed by atoms with Gasteiger partial charge in [-0.05, 0) is 19.8 Å². The third-order valence-corrected chi connectivity index (χ3v) is 2.65. The molecule has 3 heteroatoms. The van der Waals surface area contributed by atoms with E-state index >= 15 is 0 Å². The summed E-state index contributed by atoms with van der Waals surface area (Å²) < 4.78 is 2.22. The number of aromatic nitrogens is 2. The number of nitrogens with two attached hydrogens (primary N) is 1. The first-order chi connectivity index (χ1) is 5.77. The first-order valence-electron chi connectivity index (χ1n) is 4.58. The topological polar surface area (TPSA) is 43.8 Å². The van der Waals surface area contributed by atoms with E-state index in [1.165, 1.54) is 25.7 Å². The number of anilines is 1. The maximum atomic E-state index is 5.62. The number of hydrogen-bond donors (Lipinski definition) is 1.